The maximum absolute atomic E-state index is 5.61. The molecule has 6 heteroatoms. The van der Waals surface area contributed by atoms with Crippen molar-refractivity contribution in [3.05, 3.63) is 12.4 Å². The van der Waals surface area contributed by atoms with Crippen molar-refractivity contribution in [2.45, 2.75) is 12.5 Å². The minimum Gasteiger partial charge on any atom is -0.376 e. The summed E-state index contributed by atoms with van der Waals surface area (Å²) in [4.78, 5) is 8.21. The fourth-order valence-corrected chi connectivity index (χ4v) is 1.76. The number of aromatic nitrogens is 2. The Hall–Kier alpha value is -1.40. The first-order valence-electron chi connectivity index (χ1n) is 5.94. The number of nitrogens with one attached hydrogen (secondary N) is 3. The summed E-state index contributed by atoms with van der Waals surface area (Å²) in [6, 6.07) is 1.89. The van der Waals surface area contributed by atoms with Gasteiger partial charge >= 0.3 is 0 Å². The van der Waals surface area contributed by atoms with Crippen LogP contribution in [0, 0.1) is 0 Å². The summed E-state index contributed by atoms with van der Waals surface area (Å²) in [6.45, 7) is 3.56. The Morgan fingerprint density at radius 3 is 3.12 bits per heavy atom. The summed E-state index contributed by atoms with van der Waals surface area (Å²) in [5.41, 5.74) is 0. The molecule has 1 aliphatic rings. The van der Waals surface area contributed by atoms with Gasteiger partial charge in [0, 0.05) is 32.7 Å². The lowest BCUT2D eigenvalue weighted by molar-refractivity contribution is 0.0258. The van der Waals surface area contributed by atoms with Gasteiger partial charge in [-0.05, 0) is 6.42 Å². The maximum Gasteiger partial charge on any atom is 0.131 e. The number of rotatable bonds is 5. The van der Waals surface area contributed by atoms with Crippen molar-refractivity contribution in [3.63, 3.8) is 0 Å². The van der Waals surface area contributed by atoms with E-state index >= 15 is 0 Å². The van der Waals surface area contributed by atoms with E-state index in [0.29, 0.717) is 6.10 Å². The second-order valence-electron chi connectivity index (χ2n) is 3.95. The fraction of sp³-hybridized carbons (Fsp3) is 0.636. The van der Waals surface area contributed by atoms with Crippen molar-refractivity contribution in [1.29, 1.82) is 0 Å². The Labute approximate surface area is 101 Å². The first-order chi connectivity index (χ1) is 8.38. The highest BCUT2D eigenvalue weighted by molar-refractivity contribution is 5.45. The van der Waals surface area contributed by atoms with Crippen LogP contribution in [0.5, 0.6) is 0 Å². The van der Waals surface area contributed by atoms with Crippen LogP contribution in [0.4, 0.5) is 11.6 Å². The molecule has 1 unspecified atom stereocenters. The van der Waals surface area contributed by atoms with Crippen LogP contribution in [-0.4, -0.2) is 49.4 Å². The summed E-state index contributed by atoms with van der Waals surface area (Å²) in [7, 11) is 1.84. The quantitative estimate of drug-likeness (QED) is 0.684. The van der Waals surface area contributed by atoms with Gasteiger partial charge in [0.2, 0.25) is 0 Å². The second kappa shape index (κ2) is 6.36. The Kier molecular flexibility index (Phi) is 4.52. The lowest BCUT2D eigenvalue weighted by Crippen LogP contribution is -2.39. The Bertz CT molecular complexity index is 340. The van der Waals surface area contributed by atoms with Gasteiger partial charge in [0.05, 0.1) is 12.7 Å². The molecule has 94 valence electrons. The van der Waals surface area contributed by atoms with E-state index in [9.17, 15) is 0 Å². The lowest BCUT2D eigenvalue weighted by Gasteiger charge is -2.23. The summed E-state index contributed by atoms with van der Waals surface area (Å²) < 4.78 is 5.61. The highest BCUT2D eigenvalue weighted by Gasteiger charge is 2.12. The van der Waals surface area contributed by atoms with Gasteiger partial charge in [-0.15, -0.1) is 0 Å². The monoisotopic (exact) mass is 237 g/mol. The molecule has 0 aliphatic carbocycles. The van der Waals surface area contributed by atoms with Crippen LogP contribution in [0.1, 0.15) is 6.42 Å². The lowest BCUT2D eigenvalue weighted by atomic mass is 10.2. The summed E-state index contributed by atoms with van der Waals surface area (Å²) in [5, 5.41) is 9.56. The molecule has 0 spiro atoms. The second-order valence-corrected chi connectivity index (χ2v) is 3.95. The molecule has 6 nitrogen and oxygen atoms in total. The largest absolute Gasteiger partial charge is 0.376 e. The molecular weight excluding hydrogens is 218 g/mol. The number of ether oxygens (including phenoxy) is 1. The van der Waals surface area contributed by atoms with Gasteiger partial charge in [-0.1, -0.05) is 0 Å². The van der Waals surface area contributed by atoms with Gasteiger partial charge in [-0.25, -0.2) is 9.97 Å². The molecule has 1 aromatic rings. The number of hydrogen-bond donors (Lipinski definition) is 3. The Morgan fingerprint density at radius 1 is 1.47 bits per heavy atom. The predicted octanol–water partition coefficient (Wildman–Crippen LogP) is 0.309. The van der Waals surface area contributed by atoms with E-state index in [1.54, 1.807) is 6.33 Å². The molecule has 0 saturated carbocycles. The molecule has 1 aliphatic heterocycles. The molecular formula is C11H19N5O. The highest BCUT2D eigenvalue weighted by Crippen LogP contribution is 2.08. The molecule has 17 heavy (non-hydrogen) atoms. The van der Waals surface area contributed by atoms with Crippen LogP contribution >= 0.6 is 0 Å². The third-order valence-corrected chi connectivity index (χ3v) is 2.70. The first-order valence-corrected chi connectivity index (χ1v) is 5.94. The number of morpholine rings is 1. The van der Waals surface area contributed by atoms with Crippen molar-refractivity contribution in [3.8, 4) is 0 Å². The average molecular weight is 237 g/mol. The topological polar surface area (TPSA) is 71.1 Å². The zero-order valence-electron chi connectivity index (χ0n) is 10.1. The van der Waals surface area contributed by atoms with E-state index in [1.165, 1.54) is 0 Å². The van der Waals surface area contributed by atoms with E-state index in [-0.39, 0.29) is 0 Å². The zero-order valence-corrected chi connectivity index (χ0v) is 10.1. The minimum atomic E-state index is 0.307. The van der Waals surface area contributed by atoms with Crippen LogP contribution in [0.25, 0.3) is 0 Å². The van der Waals surface area contributed by atoms with Gasteiger partial charge in [0.25, 0.3) is 0 Å². The molecule has 3 N–H and O–H groups in total. The molecule has 1 atom stereocenters. The van der Waals surface area contributed by atoms with Crippen LogP contribution in [0.2, 0.25) is 0 Å². The van der Waals surface area contributed by atoms with Crippen LogP contribution in [0.3, 0.4) is 0 Å². The molecule has 0 aromatic carbocycles. The normalized spacial score (nSPS) is 19.9. The zero-order chi connectivity index (χ0) is 11.9. The van der Waals surface area contributed by atoms with Crippen molar-refractivity contribution < 1.29 is 4.74 Å². The first kappa shape index (κ1) is 12.1. The van der Waals surface area contributed by atoms with Gasteiger partial charge in [0.1, 0.15) is 18.0 Å². The van der Waals surface area contributed by atoms with E-state index in [0.717, 1.165) is 44.3 Å². The van der Waals surface area contributed by atoms with E-state index in [2.05, 4.69) is 25.9 Å². The number of hydrogen-bond acceptors (Lipinski definition) is 6. The summed E-state index contributed by atoms with van der Waals surface area (Å²) >= 11 is 0. The van der Waals surface area contributed by atoms with Crippen LogP contribution in [0.15, 0.2) is 12.4 Å². The van der Waals surface area contributed by atoms with Gasteiger partial charge in [-0.2, -0.15) is 0 Å². The van der Waals surface area contributed by atoms with E-state index < -0.39 is 0 Å². The smallest absolute Gasteiger partial charge is 0.131 e. The highest BCUT2D eigenvalue weighted by atomic mass is 16.5. The molecule has 1 saturated heterocycles. The van der Waals surface area contributed by atoms with E-state index in [1.807, 2.05) is 13.1 Å². The Morgan fingerprint density at radius 2 is 2.35 bits per heavy atom. The third-order valence-electron chi connectivity index (χ3n) is 2.70. The van der Waals surface area contributed by atoms with Crippen molar-refractivity contribution in [2.24, 2.45) is 0 Å². The van der Waals surface area contributed by atoms with Crippen molar-refractivity contribution in [2.75, 3.05) is 43.9 Å². The Balaban J connectivity index is 1.73. The molecule has 0 radical (unpaired) electrons. The predicted molar refractivity (Wildman–Crippen MR) is 67.3 cm³/mol. The maximum atomic E-state index is 5.61. The van der Waals surface area contributed by atoms with Crippen molar-refractivity contribution in [1.82, 2.24) is 15.3 Å². The molecule has 1 aromatic heterocycles. The van der Waals surface area contributed by atoms with Crippen LogP contribution < -0.4 is 16.0 Å². The molecule has 1 fully saturated rings. The molecule has 0 bridgehead atoms. The minimum absolute atomic E-state index is 0.307. The van der Waals surface area contributed by atoms with Crippen LogP contribution in [-0.2, 0) is 4.74 Å². The van der Waals surface area contributed by atoms with E-state index in [4.69, 9.17) is 4.74 Å². The molecule has 2 heterocycles. The SMILES string of the molecule is CNc1cc(NCCC2CNCCO2)ncn1. The van der Waals surface area contributed by atoms with Gasteiger partial charge in [-0.3, -0.25) is 0 Å². The average Bonchev–Trinajstić information content (AvgIpc) is 2.40. The number of nitrogens with zero attached hydrogens (tertiary/aromatic N) is 2. The standard InChI is InChI=1S/C11H19N5O/c1-12-10-6-11(16-8-15-10)14-3-2-9-7-13-4-5-17-9/h6,8-9,13H,2-5,7H2,1H3,(H2,12,14,15,16). The molecule has 0 amide bonds. The van der Waals surface area contributed by atoms with Gasteiger partial charge in [0.15, 0.2) is 0 Å². The molecule has 2 rings (SSSR count). The summed E-state index contributed by atoms with van der Waals surface area (Å²) in [6.07, 6.45) is 2.83. The number of anilines is 2. The van der Waals surface area contributed by atoms with Gasteiger partial charge < -0.3 is 20.7 Å². The van der Waals surface area contributed by atoms with Crippen molar-refractivity contribution >= 4 is 11.6 Å². The fourth-order valence-electron chi connectivity index (χ4n) is 1.76. The summed E-state index contributed by atoms with van der Waals surface area (Å²) in [5.74, 6) is 1.66. The third kappa shape index (κ3) is 3.83.